The number of carbonyl (C=O) groups is 1. The quantitative estimate of drug-likeness (QED) is 0.150. The van der Waals surface area contributed by atoms with Gasteiger partial charge in [-0.2, -0.15) is 0 Å². The van der Waals surface area contributed by atoms with E-state index in [9.17, 15) is 9.59 Å². The van der Waals surface area contributed by atoms with E-state index in [0.717, 1.165) is 73.1 Å². The predicted octanol–water partition coefficient (Wildman–Crippen LogP) is 8.95. The molecular weight excluding hydrogens is 558 g/mol. The number of carbonyl (C=O) groups excluding carboxylic acids is 1. The summed E-state index contributed by atoms with van der Waals surface area (Å²) in [7, 11) is 0. The monoisotopic (exact) mass is 609 g/mol. The van der Waals surface area contributed by atoms with Crippen molar-refractivity contribution in [2.75, 3.05) is 36.4 Å². The number of hydrogen-bond donors (Lipinski definition) is 2. The number of pyridine rings is 2. The minimum atomic E-state index is -0.326. The van der Waals surface area contributed by atoms with Gasteiger partial charge in [0.25, 0.3) is 5.56 Å². The number of aromatic amines is 1. The summed E-state index contributed by atoms with van der Waals surface area (Å²) in [4.78, 5) is 38.5. The Labute approximate surface area is 269 Å². The fraction of sp³-hybridized carbons (Fsp3) is 0.447. The molecule has 0 spiro atoms. The van der Waals surface area contributed by atoms with Crippen molar-refractivity contribution in [1.29, 1.82) is 0 Å². The number of benzene rings is 2. The van der Waals surface area contributed by atoms with Gasteiger partial charge in [0.1, 0.15) is 11.3 Å². The molecule has 0 aliphatic heterocycles. The minimum Gasteiger partial charge on any atom is -0.307 e. The summed E-state index contributed by atoms with van der Waals surface area (Å²) < 4.78 is 0. The van der Waals surface area contributed by atoms with Gasteiger partial charge in [-0.25, -0.2) is 9.78 Å². The van der Waals surface area contributed by atoms with Crippen molar-refractivity contribution < 1.29 is 4.79 Å². The largest absolute Gasteiger partial charge is 0.326 e. The summed E-state index contributed by atoms with van der Waals surface area (Å²) in [5.41, 5.74) is 7.22. The average molecular weight is 610 g/mol. The van der Waals surface area contributed by atoms with Gasteiger partial charge in [-0.15, -0.1) is 0 Å². The zero-order valence-corrected chi connectivity index (χ0v) is 28.2. The summed E-state index contributed by atoms with van der Waals surface area (Å²) in [6, 6.07) is 18.5. The van der Waals surface area contributed by atoms with Crippen LogP contribution in [0.4, 0.5) is 16.2 Å². The van der Waals surface area contributed by atoms with E-state index in [1.807, 2.05) is 12.1 Å². The van der Waals surface area contributed by atoms with E-state index in [-0.39, 0.29) is 23.4 Å². The van der Waals surface area contributed by atoms with E-state index >= 15 is 0 Å². The predicted molar refractivity (Wildman–Crippen MR) is 190 cm³/mol. The number of aromatic nitrogens is 2. The number of anilines is 2. The molecule has 0 aliphatic rings. The second kappa shape index (κ2) is 15.8. The third-order valence-corrected chi connectivity index (χ3v) is 8.64. The molecule has 0 fully saturated rings. The van der Waals surface area contributed by atoms with Crippen molar-refractivity contribution >= 4 is 28.4 Å². The molecule has 0 saturated heterocycles. The highest BCUT2D eigenvalue weighted by Gasteiger charge is 2.24. The van der Waals surface area contributed by atoms with Crippen molar-refractivity contribution in [2.45, 2.75) is 86.0 Å². The van der Waals surface area contributed by atoms with Crippen LogP contribution in [0.1, 0.15) is 96.3 Å². The lowest BCUT2D eigenvalue weighted by atomic mass is 9.88. The highest BCUT2D eigenvalue weighted by molar-refractivity contribution is 6.03. The lowest BCUT2D eigenvalue weighted by Gasteiger charge is -2.27. The first-order chi connectivity index (χ1) is 21.7. The first-order valence-corrected chi connectivity index (χ1v) is 16.7. The number of amides is 2. The van der Waals surface area contributed by atoms with Crippen molar-refractivity contribution in [2.24, 2.45) is 0 Å². The van der Waals surface area contributed by atoms with E-state index in [4.69, 9.17) is 0 Å². The Kier molecular flexibility index (Phi) is 11.9. The van der Waals surface area contributed by atoms with Crippen LogP contribution < -0.4 is 15.8 Å². The molecule has 2 aromatic heterocycles. The highest BCUT2D eigenvalue weighted by atomic mass is 16.2. The Bertz CT molecular complexity index is 1610. The first-order valence-electron chi connectivity index (χ1n) is 16.7. The van der Waals surface area contributed by atoms with Gasteiger partial charge >= 0.3 is 6.03 Å². The van der Waals surface area contributed by atoms with E-state index < -0.39 is 0 Å². The topological polar surface area (TPSA) is 81.3 Å². The lowest BCUT2D eigenvalue weighted by Crippen LogP contribution is -2.39. The third-order valence-electron chi connectivity index (χ3n) is 8.64. The number of rotatable bonds is 14. The van der Waals surface area contributed by atoms with E-state index in [1.54, 1.807) is 17.2 Å². The maximum Gasteiger partial charge on any atom is 0.326 e. The number of fused-ring (bicyclic) bond motifs is 1. The minimum absolute atomic E-state index is 0.175. The Morgan fingerprint density at radius 1 is 0.867 bits per heavy atom. The summed E-state index contributed by atoms with van der Waals surface area (Å²) in [5.74, 6) is 0.350. The maximum absolute atomic E-state index is 14.1. The molecule has 0 aliphatic carbocycles. The van der Waals surface area contributed by atoms with Gasteiger partial charge in [-0.3, -0.25) is 9.69 Å². The fourth-order valence-electron chi connectivity index (χ4n) is 5.91. The molecule has 2 N–H and O–H groups in total. The lowest BCUT2D eigenvalue weighted by molar-refractivity contribution is 0.256. The second-order valence-corrected chi connectivity index (χ2v) is 12.5. The molecule has 240 valence electrons. The molecule has 0 saturated carbocycles. The number of unbranched alkanes of at least 4 members (excludes halogenated alkanes) is 1. The smallest absolute Gasteiger partial charge is 0.307 e. The molecule has 0 unspecified atom stereocenters. The van der Waals surface area contributed by atoms with Crippen LogP contribution in [0.3, 0.4) is 0 Å². The highest BCUT2D eigenvalue weighted by Crippen LogP contribution is 2.38. The van der Waals surface area contributed by atoms with Crippen LogP contribution in [0, 0.1) is 0 Å². The molecular formula is C38H51N5O2. The molecule has 0 radical (unpaired) electrons. The van der Waals surface area contributed by atoms with Gasteiger partial charge in [-0.1, -0.05) is 79.2 Å². The number of aryl methyl sites for hydroxylation is 1. The van der Waals surface area contributed by atoms with Crippen molar-refractivity contribution in [1.82, 2.24) is 14.9 Å². The number of urea groups is 1. The van der Waals surface area contributed by atoms with Crippen LogP contribution in [-0.4, -0.2) is 47.1 Å². The van der Waals surface area contributed by atoms with Gasteiger partial charge in [0.05, 0.1) is 0 Å². The molecule has 7 heteroatoms. The van der Waals surface area contributed by atoms with Crippen LogP contribution in [-0.2, 0) is 6.42 Å². The Hall–Kier alpha value is -3.97. The standard InChI is InChI=1S/C38H51N5O2/c1-8-11-21-43(34-25-30-18-13-19-39-36(30)41-37(34)44)38(45)40-35-32(26(4)5)23-31(24-33(35)27(6)7)29-17-12-15-28(22-29)16-14-20-42(9-2)10-3/h12-13,15,17-19,22-27H,8-11,14,16,20-21H2,1-7H3,(H,40,45)(H,39,41,44). The Morgan fingerprint density at radius 3 is 2.22 bits per heavy atom. The molecule has 0 atom stereocenters. The van der Waals surface area contributed by atoms with Crippen LogP contribution in [0.2, 0.25) is 0 Å². The van der Waals surface area contributed by atoms with Crippen molar-refractivity contribution in [3.8, 4) is 11.1 Å². The molecule has 0 bridgehead atoms. The molecule has 4 aromatic rings. The average Bonchev–Trinajstić information content (AvgIpc) is 3.03. The SMILES string of the molecule is CCCCN(C(=O)Nc1c(C(C)C)cc(-c2cccc(CCCN(CC)CC)c2)cc1C(C)C)c1cc2cccnc2[nH]c1=O. The van der Waals surface area contributed by atoms with Crippen molar-refractivity contribution in [3.63, 3.8) is 0 Å². The molecule has 2 amide bonds. The molecule has 7 nitrogen and oxygen atoms in total. The van der Waals surface area contributed by atoms with Crippen LogP contribution in [0.5, 0.6) is 0 Å². The summed E-state index contributed by atoms with van der Waals surface area (Å²) >= 11 is 0. The number of nitrogens with one attached hydrogen (secondary N) is 2. The van der Waals surface area contributed by atoms with Crippen LogP contribution in [0.15, 0.2) is 65.6 Å². The molecule has 2 heterocycles. The Balaban J connectivity index is 1.69. The van der Waals surface area contributed by atoms with E-state index in [1.165, 1.54) is 11.1 Å². The number of hydrogen-bond acceptors (Lipinski definition) is 4. The summed E-state index contributed by atoms with van der Waals surface area (Å²) in [5, 5.41) is 4.06. The first kappa shape index (κ1) is 33.9. The molecule has 4 rings (SSSR count). The molecule has 2 aromatic carbocycles. The zero-order chi connectivity index (χ0) is 32.5. The zero-order valence-electron chi connectivity index (χ0n) is 28.2. The fourth-order valence-corrected chi connectivity index (χ4v) is 5.91. The third kappa shape index (κ3) is 8.40. The van der Waals surface area contributed by atoms with Gasteiger partial charge in [0.2, 0.25) is 0 Å². The van der Waals surface area contributed by atoms with E-state index in [2.05, 4.69) is 105 Å². The van der Waals surface area contributed by atoms with Crippen LogP contribution in [0.25, 0.3) is 22.2 Å². The number of H-pyrrole nitrogens is 1. The van der Waals surface area contributed by atoms with Gasteiger partial charge < -0.3 is 15.2 Å². The second-order valence-electron chi connectivity index (χ2n) is 12.5. The van der Waals surface area contributed by atoms with Gasteiger partial charge in [0.15, 0.2) is 0 Å². The van der Waals surface area contributed by atoms with Crippen LogP contribution >= 0.6 is 0 Å². The number of nitrogens with zero attached hydrogens (tertiary/aromatic N) is 3. The van der Waals surface area contributed by atoms with Crippen molar-refractivity contribution in [3.05, 3.63) is 87.8 Å². The van der Waals surface area contributed by atoms with Gasteiger partial charge in [-0.05, 0) is 109 Å². The molecule has 45 heavy (non-hydrogen) atoms. The summed E-state index contributed by atoms with van der Waals surface area (Å²) in [6.45, 7) is 18.9. The summed E-state index contributed by atoms with van der Waals surface area (Å²) in [6.07, 6.45) is 5.50. The maximum atomic E-state index is 14.1. The van der Waals surface area contributed by atoms with Gasteiger partial charge in [0, 0.05) is 23.8 Å². The normalized spacial score (nSPS) is 11.6. The van der Waals surface area contributed by atoms with E-state index in [0.29, 0.717) is 17.9 Å². The Morgan fingerprint density at radius 2 is 1.58 bits per heavy atom.